The van der Waals surface area contributed by atoms with Crippen LogP contribution in [0.15, 0.2) is 89.8 Å². The summed E-state index contributed by atoms with van der Waals surface area (Å²) in [5, 5.41) is 5.66. The van der Waals surface area contributed by atoms with Gasteiger partial charge in [-0.2, -0.15) is 0 Å². The SMILES string of the molecule is O=C(CSc1ccccc1)Nc1ccc(C(=O)Nc2ccccc2)cc1. The lowest BCUT2D eigenvalue weighted by atomic mass is 10.2. The van der Waals surface area contributed by atoms with Crippen molar-refractivity contribution < 1.29 is 9.59 Å². The van der Waals surface area contributed by atoms with Crippen LogP contribution in [0.4, 0.5) is 11.4 Å². The second kappa shape index (κ2) is 8.87. The Kier molecular flexibility index (Phi) is 6.06. The molecule has 0 bridgehead atoms. The standard InChI is InChI=1S/C21H18N2O2S/c24-20(15-26-19-9-5-2-6-10-19)22-18-13-11-16(12-14-18)21(25)23-17-7-3-1-4-8-17/h1-14H,15H2,(H,22,24)(H,23,25). The monoisotopic (exact) mass is 362 g/mol. The first-order chi connectivity index (χ1) is 12.7. The van der Waals surface area contributed by atoms with Gasteiger partial charge in [0.15, 0.2) is 0 Å². The zero-order valence-electron chi connectivity index (χ0n) is 14.0. The van der Waals surface area contributed by atoms with E-state index < -0.39 is 0 Å². The van der Waals surface area contributed by atoms with Crippen LogP contribution in [-0.2, 0) is 4.79 Å². The molecule has 130 valence electrons. The van der Waals surface area contributed by atoms with Gasteiger partial charge >= 0.3 is 0 Å². The molecule has 0 unspecified atom stereocenters. The molecule has 0 aliphatic rings. The van der Waals surface area contributed by atoms with E-state index in [-0.39, 0.29) is 11.8 Å². The smallest absolute Gasteiger partial charge is 0.255 e. The fourth-order valence-corrected chi connectivity index (χ4v) is 3.01. The predicted octanol–water partition coefficient (Wildman–Crippen LogP) is 4.67. The largest absolute Gasteiger partial charge is 0.325 e. The summed E-state index contributed by atoms with van der Waals surface area (Å²) >= 11 is 1.48. The van der Waals surface area contributed by atoms with Gasteiger partial charge in [-0.15, -0.1) is 11.8 Å². The lowest BCUT2D eigenvalue weighted by molar-refractivity contribution is -0.113. The summed E-state index contributed by atoms with van der Waals surface area (Å²) in [5.41, 5.74) is 1.94. The van der Waals surface area contributed by atoms with Gasteiger partial charge in [-0.25, -0.2) is 0 Å². The Bertz CT molecular complexity index is 866. The molecular weight excluding hydrogens is 344 g/mol. The Hall–Kier alpha value is -3.05. The Morgan fingerprint density at radius 1 is 0.692 bits per heavy atom. The minimum Gasteiger partial charge on any atom is -0.325 e. The van der Waals surface area contributed by atoms with Crippen molar-refractivity contribution in [2.75, 3.05) is 16.4 Å². The topological polar surface area (TPSA) is 58.2 Å². The number of benzene rings is 3. The first-order valence-electron chi connectivity index (χ1n) is 8.15. The van der Waals surface area contributed by atoms with Crippen molar-refractivity contribution in [3.63, 3.8) is 0 Å². The molecule has 2 amide bonds. The van der Waals surface area contributed by atoms with E-state index in [2.05, 4.69) is 10.6 Å². The lowest BCUT2D eigenvalue weighted by Crippen LogP contribution is -2.15. The van der Waals surface area contributed by atoms with Gasteiger partial charge in [0.05, 0.1) is 5.75 Å². The Balaban J connectivity index is 1.52. The van der Waals surface area contributed by atoms with E-state index in [9.17, 15) is 9.59 Å². The van der Waals surface area contributed by atoms with E-state index in [1.54, 1.807) is 24.3 Å². The third kappa shape index (κ3) is 5.22. The highest BCUT2D eigenvalue weighted by molar-refractivity contribution is 8.00. The summed E-state index contributed by atoms with van der Waals surface area (Å²) in [5.74, 6) is 0.0642. The highest BCUT2D eigenvalue weighted by Crippen LogP contribution is 2.18. The van der Waals surface area contributed by atoms with Crippen molar-refractivity contribution in [3.8, 4) is 0 Å². The Morgan fingerprint density at radius 3 is 1.92 bits per heavy atom. The van der Waals surface area contributed by atoms with Gasteiger partial charge in [-0.1, -0.05) is 36.4 Å². The summed E-state index contributed by atoms with van der Waals surface area (Å²) in [6.07, 6.45) is 0. The fraction of sp³-hybridized carbons (Fsp3) is 0.0476. The second-order valence-electron chi connectivity index (χ2n) is 5.55. The van der Waals surface area contributed by atoms with Gasteiger partial charge in [0.2, 0.25) is 5.91 Å². The number of para-hydroxylation sites is 1. The van der Waals surface area contributed by atoms with Crippen LogP contribution < -0.4 is 10.6 Å². The van der Waals surface area contributed by atoms with Gasteiger partial charge < -0.3 is 10.6 Å². The number of amides is 2. The number of hydrogen-bond donors (Lipinski definition) is 2. The van der Waals surface area contributed by atoms with Gasteiger partial charge in [-0.3, -0.25) is 9.59 Å². The molecule has 0 saturated carbocycles. The molecule has 0 aromatic heterocycles. The van der Waals surface area contributed by atoms with Gasteiger partial charge in [-0.05, 0) is 48.5 Å². The van der Waals surface area contributed by atoms with Crippen LogP contribution >= 0.6 is 11.8 Å². The maximum absolute atomic E-state index is 12.2. The first kappa shape index (κ1) is 17.8. The molecular formula is C21H18N2O2S. The van der Waals surface area contributed by atoms with Crippen LogP contribution in [0, 0.1) is 0 Å². The molecule has 0 radical (unpaired) electrons. The number of thioether (sulfide) groups is 1. The number of hydrogen-bond acceptors (Lipinski definition) is 3. The molecule has 2 N–H and O–H groups in total. The molecule has 3 aromatic rings. The molecule has 0 aliphatic carbocycles. The summed E-state index contributed by atoms with van der Waals surface area (Å²) in [4.78, 5) is 25.3. The maximum atomic E-state index is 12.2. The van der Waals surface area contributed by atoms with Crippen molar-refractivity contribution in [1.29, 1.82) is 0 Å². The van der Waals surface area contributed by atoms with Gasteiger partial charge in [0.1, 0.15) is 0 Å². The molecule has 0 spiro atoms. The van der Waals surface area contributed by atoms with Crippen molar-refractivity contribution >= 4 is 35.0 Å². The third-order valence-corrected chi connectivity index (χ3v) is 4.59. The van der Waals surface area contributed by atoms with E-state index >= 15 is 0 Å². The summed E-state index contributed by atoms with van der Waals surface area (Å²) < 4.78 is 0. The normalized spacial score (nSPS) is 10.2. The molecule has 3 aromatic carbocycles. The lowest BCUT2D eigenvalue weighted by Gasteiger charge is -2.08. The fourth-order valence-electron chi connectivity index (χ4n) is 2.29. The molecule has 5 heteroatoms. The van der Waals surface area contributed by atoms with Crippen LogP contribution in [0.25, 0.3) is 0 Å². The van der Waals surface area contributed by atoms with Crippen molar-refractivity contribution in [2.45, 2.75) is 4.90 Å². The van der Waals surface area contributed by atoms with Crippen LogP contribution in [0.2, 0.25) is 0 Å². The number of rotatable bonds is 6. The zero-order valence-corrected chi connectivity index (χ0v) is 14.8. The molecule has 0 aliphatic heterocycles. The molecule has 0 heterocycles. The molecule has 3 rings (SSSR count). The van der Waals surface area contributed by atoms with Crippen LogP contribution in [0.1, 0.15) is 10.4 Å². The van der Waals surface area contributed by atoms with E-state index in [0.717, 1.165) is 10.6 Å². The number of anilines is 2. The molecule has 26 heavy (non-hydrogen) atoms. The number of nitrogens with one attached hydrogen (secondary N) is 2. The minimum atomic E-state index is -0.186. The average Bonchev–Trinajstić information content (AvgIpc) is 2.68. The van der Waals surface area contributed by atoms with Crippen LogP contribution in [0.5, 0.6) is 0 Å². The quantitative estimate of drug-likeness (QED) is 0.627. The van der Waals surface area contributed by atoms with Crippen molar-refractivity contribution in [1.82, 2.24) is 0 Å². The number of carbonyl (C=O) groups excluding carboxylic acids is 2. The highest BCUT2D eigenvalue weighted by atomic mass is 32.2. The van der Waals surface area contributed by atoms with E-state index in [1.807, 2.05) is 60.7 Å². The van der Waals surface area contributed by atoms with Crippen LogP contribution in [0.3, 0.4) is 0 Å². The van der Waals surface area contributed by atoms with E-state index in [1.165, 1.54) is 11.8 Å². The summed E-state index contributed by atoms with van der Waals surface area (Å²) in [6, 6.07) is 25.9. The zero-order chi connectivity index (χ0) is 18.2. The second-order valence-corrected chi connectivity index (χ2v) is 6.60. The van der Waals surface area contributed by atoms with Crippen molar-refractivity contribution in [2.24, 2.45) is 0 Å². The molecule has 0 fully saturated rings. The third-order valence-electron chi connectivity index (χ3n) is 3.58. The molecule has 0 saturated heterocycles. The van der Waals surface area contributed by atoms with E-state index in [0.29, 0.717) is 17.0 Å². The van der Waals surface area contributed by atoms with E-state index in [4.69, 9.17) is 0 Å². The Morgan fingerprint density at radius 2 is 1.27 bits per heavy atom. The average molecular weight is 362 g/mol. The number of carbonyl (C=O) groups is 2. The first-order valence-corrected chi connectivity index (χ1v) is 9.13. The van der Waals surface area contributed by atoms with Gasteiger partial charge in [0.25, 0.3) is 5.91 Å². The van der Waals surface area contributed by atoms with Gasteiger partial charge in [0, 0.05) is 21.8 Å². The Labute approximate surface area is 156 Å². The summed E-state index contributed by atoms with van der Waals surface area (Å²) in [7, 11) is 0. The molecule has 4 nitrogen and oxygen atoms in total. The minimum absolute atomic E-state index is 0.0830. The maximum Gasteiger partial charge on any atom is 0.255 e. The summed E-state index contributed by atoms with van der Waals surface area (Å²) in [6.45, 7) is 0. The highest BCUT2D eigenvalue weighted by Gasteiger charge is 2.07. The molecule has 0 atom stereocenters. The predicted molar refractivity (Wildman–Crippen MR) is 107 cm³/mol. The van der Waals surface area contributed by atoms with Crippen LogP contribution in [-0.4, -0.2) is 17.6 Å². The van der Waals surface area contributed by atoms with Crippen molar-refractivity contribution in [3.05, 3.63) is 90.5 Å².